The topological polar surface area (TPSA) is 87.0 Å². The van der Waals surface area contributed by atoms with Gasteiger partial charge in [-0.05, 0) is 86.0 Å². The fourth-order valence-corrected chi connectivity index (χ4v) is 8.37. The van der Waals surface area contributed by atoms with Crippen molar-refractivity contribution in [2.45, 2.75) is 83.0 Å². The van der Waals surface area contributed by atoms with Crippen molar-refractivity contribution in [3.05, 3.63) is 11.6 Å². The fourth-order valence-electron chi connectivity index (χ4n) is 8.37. The van der Waals surface area contributed by atoms with Crippen molar-refractivity contribution in [1.29, 1.82) is 0 Å². The maximum Gasteiger partial charge on any atom is 0.331 e. The molecule has 0 amide bonds. The minimum Gasteiger partial charge on any atom is -0.458 e. The van der Waals surface area contributed by atoms with Gasteiger partial charge < -0.3 is 20.1 Å². The van der Waals surface area contributed by atoms with E-state index in [0.29, 0.717) is 31.3 Å². The number of carbonyl (C=O) groups is 1. The predicted molar refractivity (Wildman–Crippen MR) is 103 cm³/mol. The van der Waals surface area contributed by atoms with Crippen molar-refractivity contribution in [3.8, 4) is 0 Å². The lowest BCUT2D eigenvalue weighted by atomic mass is 9.42. The van der Waals surface area contributed by atoms with Crippen LogP contribution in [0.3, 0.4) is 0 Å². The summed E-state index contributed by atoms with van der Waals surface area (Å²) in [5.41, 5.74) is -0.507. The number of rotatable bonds is 1. The van der Waals surface area contributed by atoms with E-state index in [0.717, 1.165) is 44.1 Å². The Kier molecular flexibility index (Phi) is 4.12. The molecule has 0 aromatic heterocycles. The maximum absolute atomic E-state index is 12.1. The average Bonchev–Trinajstić information content (AvgIpc) is 3.19. The van der Waals surface area contributed by atoms with E-state index in [1.165, 1.54) is 0 Å². The molecule has 4 aliphatic carbocycles. The number of fused-ring (bicyclic) bond motifs is 5. The van der Waals surface area contributed by atoms with Crippen molar-refractivity contribution < 1.29 is 24.9 Å². The van der Waals surface area contributed by atoms with E-state index < -0.39 is 17.1 Å². The van der Waals surface area contributed by atoms with Crippen LogP contribution in [0.25, 0.3) is 0 Å². The second-order valence-electron chi connectivity index (χ2n) is 10.8. The second-order valence-corrected chi connectivity index (χ2v) is 10.8. The van der Waals surface area contributed by atoms with E-state index in [2.05, 4.69) is 6.92 Å². The molecule has 0 radical (unpaired) electrons. The monoisotopic (exact) mass is 390 g/mol. The molecule has 3 N–H and O–H groups in total. The van der Waals surface area contributed by atoms with Gasteiger partial charge in [0.1, 0.15) is 6.61 Å². The Morgan fingerprint density at radius 2 is 1.82 bits per heavy atom. The van der Waals surface area contributed by atoms with Gasteiger partial charge in [0.15, 0.2) is 0 Å². The molecule has 0 bridgehead atoms. The first-order valence-corrected chi connectivity index (χ1v) is 11.2. The molecule has 1 heterocycles. The summed E-state index contributed by atoms with van der Waals surface area (Å²) in [6.07, 6.45) is 7.69. The van der Waals surface area contributed by atoms with Gasteiger partial charge in [0.25, 0.3) is 0 Å². The number of hydrogen-bond acceptors (Lipinski definition) is 5. The molecule has 0 unspecified atom stereocenters. The Bertz CT molecular complexity index is 718. The third kappa shape index (κ3) is 2.27. The molecule has 28 heavy (non-hydrogen) atoms. The number of esters is 1. The van der Waals surface area contributed by atoms with Crippen LogP contribution in [0, 0.1) is 34.5 Å². The van der Waals surface area contributed by atoms with Crippen LogP contribution in [0.15, 0.2) is 11.6 Å². The smallest absolute Gasteiger partial charge is 0.331 e. The molecule has 5 rings (SSSR count). The first-order valence-electron chi connectivity index (χ1n) is 11.2. The van der Waals surface area contributed by atoms with Crippen LogP contribution in [-0.4, -0.2) is 45.7 Å². The van der Waals surface area contributed by atoms with Crippen LogP contribution in [0.2, 0.25) is 0 Å². The van der Waals surface area contributed by atoms with E-state index in [9.17, 15) is 20.1 Å². The highest BCUT2D eigenvalue weighted by Crippen LogP contribution is 2.69. The van der Waals surface area contributed by atoms with Crippen molar-refractivity contribution in [2.24, 2.45) is 34.5 Å². The van der Waals surface area contributed by atoms with Crippen molar-refractivity contribution in [1.82, 2.24) is 0 Å². The van der Waals surface area contributed by atoms with Crippen LogP contribution in [0.1, 0.15) is 65.2 Å². The molecule has 0 saturated heterocycles. The van der Waals surface area contributed by atoms with Gasteiger partial charge in [0.2, 0.25) is 0 Å². The van der Waals surface area contributed by atoms with Crippen LogP contribution in [-0.2, 0) is 9.53 Å². The first kappa shape index (κ1) is 19.1. The summed E-state index contributed by atoms with van der Waals surface area (Å²) in [7, 11) is 0. The summed E-state index contributed by atoms with van der Waals surface area (Å²) in [4.78, 5) is 11.6. The molecule has 1 aliphatic heterocycles. The summed E-state index contributed by atoms with van der Waals surface area (Å²) in [5, 5.41) is 33.7. The summed E-state index contributed by atoms with van der Waals surface area (Å²) in [6.45, 7) is 4.69. The molecule has 4 fully saturated rings. The van der Waals surface area contributed by atoms with E-state index in [4.69, 9.17) is 4.74 Å². The zero-order valence-electron chi connectivity index (χ0n) is 17.1. The number of hydrogen-bond donors (Lipinski definition) is 3. The SMILES string of the molecule is C[C@]12CC[C@H](O)C[C@H]1CC[C@H]1[C@H]2C[C@@H](O)[C@]2(C)[C@@H](C3=CC(=O)OC3)CC[C@]12O. The number of carbonyl (C=O) groups excluding carboxylic acids is 1. The molecular formula is C23H34O5. The van der Waals surface area contributed by atoms with Gasteiger partial charge in [0, 0.05) is 11.5 Å². The van der Waals surface area contributed by atoms with Crippen molar-refractivity contribution >= 4 is 5.97 Å². The van der Waals surface area contributed by atoms with Gasteiger partial charge in [0.05, 0.1) is 17.8 Å². The van der Waals surface area contributed by atoms with E-state index >= 15 is 0 Å². The third-order valence-electron chi connectivity index (χ3n) is 10.0. The van der Waals surface area contributed by atoms with Crippen LogP contribution >= 0.6 is 0 Å². The lowest BCUT2D eigenvalue weighted by Gasteiger charge is -2.64. The highest BCUT2D eigenvalue weighted by molar-refractivity contribution is 5.85. The van der Waals surface area contributed by atoms with Crippen LogP contribution in [0.5, 0.6) is 0 Å². The van der Waals surface area contributed by atoms with E-state index in [1.807, 2.05) is 6.92 Å². The highest BCUT2D eigenvalue weighted by atomic mass is 16.5. The van der Waals surface area contributed by atoms with Crippen molar-refractivity contribution in [2.75, 3.05) is 6.61 Å². The zero-order chi connectivity index (χ0) is 19.9. The first-order chi connectivity index (χ1) is 13.2. The molecule has 0 aromatic carbocycles. The Morgan fingerprint density at radius 1 is 1.04 bits per heavy atom. The second kappa shape index (κ2) is 6.05. The number of aliphatic hydroxyl groups is 3. The number of aliphatic hydroxyl groups excluding tert-OH is 2. The molecule has 0 spiro atoms. The molecule has 156 valence electrons. The van der Waals surface area contributed by atoms with Gasteiger partial charge in [-0.3, -0.25) is 0 Å². The van der Waals surface area contributed by atoms with Gasteiger partial charge in [-0.15, -0.1) is 0 Å². The normalized spacial score (nSPS) is 55.8. The Hall–Kier alpha value is -0.910. The van der Waals surface area contributed by atoms with Crippen LogP contribution in [0.4, 0.5) is 0 Å². The lowest BCUT2D eigenvalue weighted by Crippen LogP contribution is -2.67. The third-order valence-corrected chi connectivity index (χ3v) is 10.0. The highest BCUT2D eigenvalue weighted by Gasteiger charge is 2.70. The lowest BCUT2D eigenvalue weighted by molar-refractivity contribution is -0.244. The molecule has 9 atom stereocenters. The molecule has 5 heteroatoms. The Labute approximate surface area is 167 Å². The minimum atomic E-state index is -0.906. The standard InChI is InChI=1S/C23H34O5/c1-21-7-5-15(24)10-14(21)3-4-17-18(21)11-19(25)22(2)16(6-8-23(17,22)27)13-9-20(26)28-12-13/h9,14-19,24-25,27H,3-8,10-12H2,1-2H3/t14-,15+,16-,17+,18-,19-,21+,22+,23+/m1/s1. The molecular weight excluding hydrogens is 356 g/mol. The quantitative estimate of drug-likeness (QED) is 0.599. The number of ether oxygens (including phenoxy) is 1. The van der Waals surface area contributed by atoms with Gasteiger partial charge in [-0.2, -0.15) is 0 Å². The molecule has 0 aromatic rings. The predicted octanol–water partition coefficient (Wildman–Crippen LogP) is 2.58. The minimum absolute atomic E-state index is 0.00129. The van der Waals surface area contributed by atoms with E-state index in [1.54, 1.807) is 6.08 Å². The van der Waals surface area contributed by atoms with E-state index in [-0.39, 0.29) is 29.3 Å². The van der Waals surface area contributed by atoms with Gasteiger partial charge in [-0.1, -0.05) is 13.8 Å². The van der Waals surface area contributed by atoms with Gasteiger partial charge >= 0.3 is 5.97 Å². The van der Waals surface area contributed by atoms with Gasteiger partial charge in [-0.25, -0.2) is 4.79 Å². The van der Waals surface area contributed by atoms with Crippen molar-refractivity contribution in [3.63, 3.8) is 0 Å². The largest absolute Gasteiger partial charge is 0.458 e. The Morgan fingerprint density at radius 3 is 2.54 bits per heavy atom. The summed E-state index contributed by atoms with van der Waals surface area (Å²) >= 11 is 0. The summed E-state index contributed by atoms with van der Waals surface area (Å²) in [5.74, 6) is 0.657. The maximum atomic E-state index is 12.1. The summed E-state index contributed by atoms with van der Waals surface area (Å²) < 4.78 is 5.16. The average molecular weight is 391 g/mol. The summed E-state index contributed by atoms with van der Waals surface area (Å²) in [6, 6.07) is 0. The molecule has 5 nitrogen and oxygen atoms in total. The number of cyclic esters (lactones) is 1. The zero-order valence-corrected chi connectivity index (χ0v) is 17.1. The fraction of sp³-hybridized carbons (Fsp3) is 0.870. The molecule has 4 saturated carbocycles. The Balaban J connectivity index is 1.51. The van der Waals surface area contributed by atoms with Crippen LogP contribution < -0.4 is 0 Å². The molecule has 5 aliphatic rings.